The summed E-state index contributed by atoms with van der Waals surface area (Å²) in [5.41, 5.74) is 1.13. The van der Waals surface area contributed by atoms with Gasteiger partial charge in [-0.1, -0.05) is 0 Å². The van der Waals surface area contributed by atoms with Crippen LogP contribution in [0, 0.1) is 0 Å². The Balaban J connectivity index is 2.11. The lowest BCUT2D eigenvalue weighted by atomic mass is 10.0. The van der Waals surface area contributed by atoms with Crippen LogP contribution in [0.5, 0.6) is 0 Å². The van der Waals surface area contributed by atoms with Crippen molar-refractivity contribution in [1.82, 2.24) is 14.1 Å². The van der Waals surface area contributed by atoms with Gasteiger partial charge in [-0.05, 0) is 12.0 Å². The maximum absolute atomic E-state index is 11.3. The van der Waals surface area contributed by atoms with E-state index in [0.29, 0.717) is 19.0 Å². The van der Waals surface area contributed by atoms with Gasteiger partial charge in [-0.25, -0.2) is 12.7 Å². The van der Waals surface area contributed by atoms with Crippen LogP contribution in [0.4, 0.5) is 0 Å². The van der Waals surface area contributed by atoms with Gasteiger partial charge in [0.15, 0.2) is 0 Å². The normalized spacial score (nSPS) is 23.5. The summed E-state index contributed by atoms with van der Waals surface area (Å²) in [6.45, 7) is 1.21. The molecule has 1 aromatic rings. The van der Waals surface area contributed by atoms with Gasteiger partial charge in [0.05, 0.1) is 12.5 Å². The van der Waals surface area contributed by atoms with Crippen LogP contribution < -0.4 is 0 Å². The molecule has 1 aliphatic heterocycles. The van der Waals surface area contributed by atoms with Crippen LogP contribution >= 0.6 is 0 Å². The monoisotopic (exact) mass is 229 g/mol. The van der Waals surface area contributed by atoms with Crippen molar-refractivity contribution in [1.29, 1.82) is 0 Å². The second kappa shape index (κ2) is 3.61. The van der Waals surface area contributed by atoms with E-state index in [9.17, 15) is 8.42 Å². The predicted molar refractivity (Wildman–Crippen MR) is 57.0 cm³/mol. The van der Waals surface area contributed by atoms with Gasteiger partial charge < -0.3 is 0 Å². The zero-order valence-electron chi connectivity index (χ0n) is 8.92. The molecule has 15 heavy (non-hydrogen) atoms. The minimum Gasteiger partial charge on any atom is -0.276 e. The van der Waals surface area contributed by atoms with E-state index in [1.807, 2.05) is 19.4 Å². The first-order valence-electron chi connectivity index (χ1n) is 4.90. The lowest BCUT2D eigenvalue weighted by Crippen LogP contribution is -2.27. The Kier molecular flexibility index (Phi) is 2.56. The number of sulfonamides is 1. The lowest BCUT2D eigenvalue weighted by molar-refractivity contribution is 0.478. The third-order valence-electron chi connectivity index (χ3n) is 2.82. The topological polar surface area (TPSA) is 55.2 Å². The van der Waals surface area contributed by atoms with Crippen molar-refractivity contribution >= 4 is 10.0 Å². The van der Waals surface area contributed by atoms with Gasteiger partial charge in [-0.3, -0.25) is 4.68 Å². The fourth-order valence-electron chi connectivity index (χ4n) is 1.95. The Morgan fingerprint density at radius 1 is 1.53 bits per heavy atom. The van der Waals surface area contributed by atoms with Crippen LogP contribution in [0.15, 0.2) is 12.4 Å². The number of rotatable bonds is 2. The van der Waals surface area contributed by atoms with E-state index in [4.69, 9.17) is 0 Å². The van der Waals surface area contributed by atoms with Gasteiger partial charge in [-0.15, -0.1) is 0 Å². The summed E-state index contributed by atoms with van der Waals surface area (Å²) in [6, 6.07) is 0. The Bertz CT molecular complexity index is 452. The van der Waals surface area contributed by atoms with E-state index in [0.717, 1.165) is 12.0 Å². The molecule has 0 aromatic carbocycles. The summed E-state index contributed by atoms with van der Waals surface area (Å²) >= 11 is 0. The Morgan fingerprint density at radius 3 is 2.73 bits per heavy atom. The zero-order chi connectivity index (χ0) is 11.1. The van der Waals surface area contributed by atoms with Gasteiger partial charge in [0.2, 0.25) is 10.0 Å². The number of hydrogen-bond acceptors (Lipinski definition) is 3. The number of hydrogen-bond donors (Lipinski definition) is 0. The zero-order valence-corrected chi connectivity index (χ0v) is 9.74. The first kappa shape index (κ1) is 10.6. The van der Waals surface area contributed by atoms with Crippen LogP contribution in [0.25, 0.3) is 0 Å². The molecule has 2 rings (SSSR count). The highest BCUT2D eigenvalue weighted by atomic mass is 32.2. The molecule has 0 spiro atoms. The van der Waals surface area contributed by atoms with Gasteiger partial charge in [0.1, 0.15) is 0 Å². The summed E-state index contributed by atoms with van der Waals surface area (Å²) < 4.78 is 25.9. The highest BCUT2D eigenvalue weighted by molar-refractivity contribution is 7.88. The predicted octanol–water partition coefficient (Wildman–Crippen LogP) is 0.169. The molecule has 0 amide bonds. The third-order valence-corrected chi connectivity index (χ3v) is 4.09. The van der Waals surface area contributed by atoms with Crippen molar-refractivity contribution in [2.45, 2.75) is 12.3 Å². The molecular weight excluding hydrogens is 214 g/mol. The van der Waals surface area contributed by atoms with Crippen LogP contribution in [0.2, 0.25) is 0 Å². The van der Waals surface area contributed by atoms with E-state index < -0.39 is 10.0 Å². The van der Waals surface area contributed by atoms with Crippen LogP contribution in [0.1, 0.15) is 17.9 Å². The number of aryl methyl sites for hydroxylation is 1. The Labute approximate surface area is 89.7 Å². The molecule has 84 valence electrons. The second-order valence-corrected chi connectivity index (χ2v) is 6.04. The summed E-state index contributed by atoms with van der Waals surface area (Å²) in [4.78, 5) is 0. The fourth-order valence-corrected chi connectivity index (χ4v) is 2.84. The molecule has 1 saturated heterocycles. The van der Waals surface area contributed by atoms with Crippen LogP contribution in [-0.4, -0.2) is 41.8 Å². The molecule has 0 saturated carbocycles. The smallest absolute Gasteiger partial charge is 0.211 e. The third kappa shape index (κ3) is 2.21. The van der Waals surface area contributed by atoms with Crippen molar-refractivity contribution in [2.24, 2.45) is 7.05 Å². The van der Waals surface area contributed by atoms with Gasteiger partial charge in [0.25, 0.3) is 0 Å². The largest absolute Gasteiger partial charge is 0.276 e. The minimum atomic E-state index is -3.03. The molecule has 6 heteroatoms. The van der Waals surface area contributed by atoms with E-state index in [1.54, 1.807) is 4.68 Å². The van der Waals surface area contributed by atoms with Gasteiger partial charge >= 0.3 is 0 Å². The van der Waals surface area contributed by atoms with Crippen molar-refractivity contribution in [2.75, 3.05) is 19.3 Å². The molecular formula is C9H15N3O2S. The van der Waals surface area contributed by atoms with E-state index in [1.165, 1.54) is 10.6 Å². The average molecular weight is 229 g/mol. The standard InChI is InChI=1S/C9H15N3O2S/c1-11-6-9(5-10-11)8-3-4-12(7-8)15(2,13)14/h5-6,8H,3-4,7H2,1-2H3. The molecule has 0 N–H and O–H groups in total. The molecule has 2 heterocycles. The van der Waals surface area contributed by atoms with E-state index in [-0.39, 0.29) is 0 Å². The lowest BCUT2D eigenvalue weighted by Gasteiger charge is -2.12. The molecule has 1 aromatic heterocycles. The molecule has 5 nitrogen and oxygen atoms in total. The van der Waals surface area contributed by atoms with Crippen molar-refractivity contribution in [3.8, 4) is 0 Å². The van der Waals surface area contributed by atoms with Crippen molar-refractivity contribution in [3.63, 3.8) is 0 Å². The SMILES string of the molecule is Cn1cc(C2CCN(S(C)(=O)=O)C2)cn1. The first-order valence-corrected chi connectivity index (χ1v) is 6.75. The van der Waals surface area contributed by atoms with Gasteiger partial charge in [0, 0.05) is 32.3 Å². The maximum Gasteiger partial charge on any atom is 0.211 e. The molecule has 0 aliphatic carbocycles. The van der Waals surface area contributed by atoms with Crippen LogP contribution in [0.3, 0.4) is 0 Å². The molecule has 1 unspecified atom stereocenters. The summed E-state index contributed by atoms with van der Waals surface area (Å²) in [7, 11) is -1.16. The summed E-state index contributed by atoms with van der Waals surface area (Å²) in [5, 5.41) is 4.10. The van der Waals surface area contributed by atoms with E-state index >= 15 is 0 Å². The number of nitrogens with zero attached hydrogens (tertiary/aromatic N) is 3. The number of aromatic nitrogens is 2. The van der Waals surface area contributed by atoms with E-state index in [2.05, 4.69) is 5.10 Å². The van der Waals surface area contributed by atoms with Crippen LogP contribution in [-0.2, 0) is 17.1 Å². The van der Waals surface area contributed by atoms with Crippen molar-refractivity contribution in [3.05, 3.63) is 18.0 Å². The fraction of sp³-hybridized carbons (Fsp3) is 0.667. The maximum atomic E-state index is 11.3. The summed E-state index contributed by atoms with van der Waals surface area (Å²) in [6.07, 6.45) is 5.92. The first-order chi connectivity index (χ1) is 6.97. The van der Waals surface area contributed by atoms with Gasteiger partial charge in [-0.2, -0.15) is 5.10 Å². The Hall–Kier alpha value is -0.880. The average Bonchev–Trinajstić information content (AvgIpc) is 2.69. The quantitative estimate of drug-likeness (QED) is 0.726. The molecule has 1 atom stereocenters. The molecule has 1 fully saturated rings. The highest BCUT2D eigenvalue weighted by Gasteiger charge is 2.29. The highest BCUT2D eigenvalue weighted by Crippen LogP contribution is 2.27. The molecule has 0 bridgehead atoms. The van der Waals surface area contributed by atoms with Crippen molar-refractivity contribution < 1.29 is 8.42 Å². The molecule has 1 aliphatic rings. The second-order valence-electron chi connectivity index (χ2n) is 4.05. The Morgan fingerprint density at radius 2 is 2.27 bits per heavy atom. The molecule has 0 radical (unpaired) electrons. The summed E-state index contributed by atoms with van der Waals surface area (Å²) in [5.74, 6) is 0.299. The minimum absolute atomic E-state index is 0.299.